The molecule has 0 saturated heterocycles. The van der Waals surface area contributed by atoms with E-state index in [1.54, 1.807) is 12.1 Å². The van der Waals surface area contributed by atoms with Gasteiger partial charge in [-0.1, -0.05) is 12.1 Å². The molecule has 1 aliphatic carbocycles. The third-order valence-electron chi connectivity index (χ3n) is 4.10. The van der Waals surface area contributed by atoms with Crippen LogP contribution < -0.4 is 11.1 Å². The number of nitrogens with two attached hydrogens (primary N) is 1. The molecule has 1 saturated carbocycles. The van der Waals surface area contributed by atoms with Gasteiger partial charge in [0.15, 0.2) is 0 Å². The van der Waals surface area contributed by atoms with Gasteiger partial charge in [-0.05, 0) is 43.4 Å². The Bertz CT molecular complexity index is 491. The highest BCUT2D eigenvalue weighted by atomic mass is 16.5. The SMILES string of the molecule is COC(=O)C1CCC(NCc2ccc(C(N)=O)cc2)CC1. The Kier molecular flexibility index (Phi) is 5.33. The molecule has 0 radical (unpaired) electrons. The molecule has 1 aliphatic rings. The summed E-state index contributed by atoms with van der Waals surface area (Å²) in [6.45, 7) is 0.757. The van der Waals surface area contributed by atoms with Crippen LogP contribution in [0, 0.1) is 5.92 Å². The first-order valence-electron chi connectivity index (χ1n) is 7.30. The summed E-state index contributed by atoms with van der Waals surface area (Å²) in [5.41, 5.74) is 6.86. The van der Waals surface area contributed by atoms with Crippen LogP contribution in [0.2, 0.25) is 0 Å². The van der Waals surface area contributed by atoms with Crippen molar-refractivity contribution in [1.82, 2.24) is 5.32 Å². The number of hydrogen-bond donors (Lipinski definition) is 2. The largest absolute Gasteiger partial charge is 0.469 e. The molecule has 1 fully saturated rings. The molecule has 0 heterocycles. The van der Waals surface area contributed by atoms with Crippen molar-refractivity contribution >= 4 is 11.9 Å². The van der Waals surface area contributed by atoms with Crippen molar-refractivity contribution in [3.8, 4) is 0 Å². The van der Waals surface area contributed by atoms with E-state index in [-0.39, 0.29) is 11.9 Å². The number of nitrogens with one attached hydrogen (secondary N) is 1. The van der Waals surface area contributed by atoms with Gasteiger partial charge in [-0.3, -0.25) is 9.59 Å². The minimum atomic E-state index is -0.407. The summed E-state index contributed by atoms with van der Waals surface area (Å²) in [6.07, 6.45) is 3.73. The number of esters is 1. The summed E-state index contributed by atoms with van der Waals surface area (Å²) in [7, 11) is 1.45. The van der Waals surface area contributed by atoms with Crippen LogP contribution in [0.1, 0.15) is 41.6 Å². The molecule has 114 valence electrons. The summed E-state index contributed by atoms with van der Waals surface area (Å²) in [5, 5.41) is 3.50. The molecule has 5 heteroatoms. The second kappa shape index (κ2) is 7.22. The molecule has 3 N–H and O–H groups in total. The Morgan fingerprint density at radius 3 is 2.33 bits per heavy atom. The quantitative estimate of drug-likeness (QED) is 0.807. The van der Waals surface area contributed by atoms with Crippen LogP contribution in [0.4, 0.5) is 0 Å². The summed E-state index contributed by atoms with van der Waals surface area (Å²) >= 11 is 0. The van der Waals surface area contributed by atoms with E-state index < -0.39 is 5.91 Å². The standard InChI is InChI=1S/C16H22N2O3/c1-21-16(20)13-6-8-14(9-7-13)18-10-11-2-4-12(5-3-11)15(17)19/h2-5,13-14,18H,6-10H2,1H3,(H2,17,19). The summed E-state index contributed by atoms with van der Waals surface area (Å²) in [4.78, 5) is 22.5. The van der Waals surface area contributed by atoms with Crippen molar-refractivity contribution in [2.45, 2.75) is 38.3 Å². The number of ether oxygens (including phenoxy) is 1. The number of carbonyl (C=O) groups is 2. The van der Waals surface area contributed by atoms with Crippen LogP contribution in [-0.2, 0) is 16.1 Å². The third kappa shape index (κ3) is 4.29. The van der Waals surface area contributed by atoms with E-state index in [4.69, 9.17) is 10.5 Å². The van der Waals surface area contributed by atoms with Gasteiger partial charge in [-0.15, -0.1) is 0 Å². The van der Waals surface area contributed by atoms with Gasteiger partial charge in [0.1, 0.15) is 0 Å². The number of carbonyl (C=O) groups excluding carboxylic acids is 2. The van der Waals surface area contributed by atoms with E-state index in [2.05, 4.69) is 5.32 Å². The third-order valence-corrected chi connectivity index (χ3v) is 4.10. The van der Waals surface area contributed by atoms with Gasteiger partial charge in [0.25, 0.3) is 0 Å². The zero-order valence-electron chi connectivity index (χ0n) is 12.3. The average Bonchev–Trinajstić information content (AvgIpc) is 2.53. The Balaban J connectivity index is 1.77. The lowest BCUT2D eigenvalue weighted by Gasteiger charge is -2.27. The number of amides is 1. The Labute approximate surface area is 124 Å². The fraction of sp³-hybridized carbons (Fsp3) is 0.500. The summed E-state index contributed by atoms with van der Waals surface area (Å²) < 4.78 is 4.79. The van der Waals surface area contributed by atoms with Gasteiger partial charge in [0.05, 0.1) is 13.0 Å². The maximum atomic E-state index is 11.5. The Hall–Kier alpha value is -1.88. The molecule has 0 spiro atoms. The van der Waals surface area contributed by atoms with E-state index in [9.17, 15) is 9.59 Å². The van der Waals surface area contributed by atoms with Crippen LogP contribution >= 0.6 is 0 Å². The van der Waals surface area contributed by atoms with Gasteiger partial charge in [-0.2, -0.15) is 0 Å². The zero-order chi connectivity index (χ0) is 15.2. The molecule has 0 atom stereocenters. The molecule has 1 aromatic carbocycles. The molecule has 1 amide bonds. The van der Waals surface area contributed by atoms with Crippen LogP contribution in [-0.4, -0.2) is 25.0 Å². The van der Waals surface area contributed by atoms with Crippen molar-refractivity contribution in [2.24, 2.45) is 11.7 Å². The number of methoxy groups -OCH3 is 1. The number of hydrogen-bond acceptors (Lipinski definition) is 4. The minimum absolute atomic E-state index is 0.0582. The maximum Gasteiger partial charge on any atom is 0.308 e. The zero-order valence-corrected chi connectivity index (χ0v) is 12.3. The lowest BCUT2D eigenvalue weighted by molar-refractivity contribution is -0.146. The molecular formula is C16H22N2O3. The van der Waals surface area contributed by atoms with Crippen LogP contribution in [0.15, 0.2) is 24.3 Å². The van der Waals surface area contributed by atoms with Crippen LogP contribution in [0.3, 0.4) is 0 Å². The van der Waals surface area contributed by atoms with Crippen molar-refractivity contribution in [1.29, 1.82) is 0 Å². The number of rotatable bonds is 5. The first-order chi connectivity index (χ1) is 10.1. The second-order valence-corrected chi connectivity index (χ2v) is 5.51. The molecule has 0 aliphatic heterocycles. The predicted molar refractivity (Wildman–Crippen MR) is 79.6 cm³/mol. The van der Waals surface area contributed by atoms with Gasteiger partial charge in [0, 0.05) is 18.2 Å². The second-order valence-electron chi connectivity index (χ2n) is 5.51. The highest BCUT2D eigenvalue weighted by molar-refractivity contribution is 5.92. The lowest BCUT2D eigenvalue weighted by atomic mass is 9.86. The number of primary amides is 1. The van der Waals surface area contributed by atoms with Crippen molar-refractivity contribution in [3.05, 3.63) is 35.4 Å². The maximum absolute atomic E-state index is 11.5. The van der Waals surface area contributed by atoms with Gasteiger partial charge >= 0.3 is 5.97 Å². The monoisotopic (exact) mass is 290 g/mol. The molecular weight excluding hydrogens is 268 g/mol. The first-order valence-corrected chi connectivity index (χ1v) is 7.30. The highest BCUT2D eigenvalue weighted by Gasteiger charge is 2.26. The highest BCUT2D eigenvalue weighted by Crippen LogP contribution is 2.25. The van der Waals surface area contributed by atoms with E-state index in [0.29, 0.717) is 11.6 Å². The smallest absolute Gasteiger partial charge is 0.308 e. The fourth-order valence-corrected chi connectivity index (χ4v) is 2.75. The predicted octanol–water partition coefficient (Wildman–Crippen LogP) is 1.61. The molecule has 2 rings (SSSR count). The van der Waals surface area contributed by atoms with Gasteiger partial charge in [0.2, 0.25) is 5.91 Å². The Morgan fingerprint density at radius 1 is 1.19 bits per heavy atom. The molecule has 0 bridgehead atoms. The molecule has 5 nitrogen and oxygen atoms in total. The fourth-order valence-electron chi connectivity index (χ4n) is 2.75. The van der Waals surface area contributed by atoms with Crippen molar-refractivity contribution < 1.29 is 14.3 Å². The lowest BCUT2D eigenvalue weighted by Crippen LogP contribution is -2.34. The van der Waals surface area contributed by atoms with Crippen molar-refractivity contribution in [3.63, 3.8) is 0 Å². The van der Waals surface area contributed by atoms with Crippen LogP contribution in [0.5, 0.6) is 0 Å². The van der Waals surface area contributed by atoms with Crippen LogP contribution in [0.25, 0.3) is 0 Å². The van der Waals surface area contributed by atoms with E-state index in [0.717, 1.165) is 37.8 Å². The normalized spacial score (nSPS) is 21.8. The Morgan fingerprint density at radius 2 is 1.81 bits per heavy atom. The van der Waals surface area contributed by atoms with E-state index in [1.165, 1.54) is 7.11 Å². The summed E-state index contributed by atoms with van der Waals surface area (Å²) in [6, 6.07) is 7.74. The minimum Gasteiger partial charge on any atom is -0.469 e. The average molecular weight is 290 g/mol. The summed E-state index contributed by atoms with van der Waals surface area (Å²) in [5.74, 6) is -0.436. The van der Waals surface area contributed by atoms with E-state index in [1.807, 2.05) is 12.1 Å². The van der Waals surface area contributed by atoms with E-state index >= 15 is 0 Å². The topological polar surface area (TPSA) is 81.4 Å². The van der Waals surface area contributed by atoms with Gasteiger partial charge in [-0.25, -0.2) is 0 Å². The molecule has 0 aromatic heterocycles. The first kappa shape index (κ1) is 15.5. The number of benzene rings is 1. The molecule has 21 heavy (non-hydrogen) atoms. The molecule has 1 aromatic rings. The van der Waals surface area contributed by atoms with Gasteiger partial charge < -0.3 is 15.8 Å². The van der Waals surface area contributed by atoms with Crippen molar-refractivity contribution in [2.75, 3.05) is 7.11 Å². The molecule has 0 unspecified atom stereocenters.